The predicted molar refractivity (Wildman–Crippen MR) is 51.3 cm³/mol. The fourth-order valence-corrected chi connectivity index (χ4v) is 1.47. The number of ether oxygens (including phenoxy) is 1. The summed E-state index contributed by atoms with van der Waals surface area (Å²) in [5, 5.41) is 0.841. The minimum atomic E-state index is -0.265. The molecule has 3 heteroatoms. The average Bonchev–Trinajstić information content (AvgIpc) is 2.80. The van der Waals surface area contributed by atoms with E-state index in [0.29, 0.717) is 12.2 Å². The van der Waals surface area contributed by atoms with Gasteiger partial charge in [0.1, 0.15) is 0 Å². The van der Waals surface area contributed by atoms with Crippen molar-refractivity contribution in [3.8, 4) is 0 Å². The summed E-state index contributed by atoms with van der Waals surface area (Å²) < 4.78 is 4.93. The lowest BCUT2D eigenvalue weighted by Gasteiger charge is -2.02. The maximum absolute atomic E-state index is 10.9. The van der Waals surface area contributed by atoms with Gasteiger partial charge >= 0.3 is 5.97 Å². The second-order valence-corrected chi connectivity index (χ2v) is 4.35. The SMILES string of the molecule is C=C(C)C(=O)OCCCC1CS1. The minimum absolute atomic E-state index is 0.265. The highest BCUT2D eigenvalue weighted by molar-refractivity contribution is 8.06. The van der Waals surface area contributed by atoms with Crippen LogP contribution >= 0.6 is 11.8 Å². The third-order valence-electron chi connectivity index (χ3n) is 1.65. The molecule has 1 saturated heterocycles. The van der Waals surface area contributed by atoms with Crippen LogP contribution in [-0.2, 0) is 9.53 Å². The van der Waals surface area contributed by atoms with Gasteiger partial charge in [0.2, 0.25) is 0 Å². The van der Waals surface area contributed by atoms with E-state index in [1.807, 2.05) is 11.8 Å². The molecule has 1 rings (SSSR count). The molecule has 12 heavy (non-hydrogen) atoms. The summed E-state index contributed by atoms with van der Waals surface area (Å²) in [5.41, 5.74) is 0.482. The number of thioether (sulfide) groups is 1. The van der Waals surface area contributed by atoms with Crippen LogP contribution in [0.3, 0.4) is 0 Å². The highest BCUT2D eigenvalue weighted by Gasteiger charge is 2.21. The largest absolute Gasteiger partial charge is 0.462 e. The number of hydrogen-bond donors (Lipinski definition) is 0. The van der Waals surface area contributed by atoms with Crippen LogP contribution in [0.4, 0.5) is 0 Å². The third kappa shape index (κ3) is 3.81. The molecular weight excluding hydrogens is 172 g/mol. The van der Waals surface area contributed by atoms with E-state index in [4.69, 9.17) is 4.74 Å². The van der Waals surface area contributed by atoms with Gasteiger partial charge in [0, 0.05) is 16.6 Å². The molecule has 68 valence electrons. The van der Waals surface area contributed by atoms with Gasteiger partial charge in [-0.3, -0.25) is 0 Å². The van der Waals surface area contributed by atoms with Gasteiger partial charge < -0.3 is 4.74 Å². The third-order valence-corrected chi connectivity index (χ3v) is 2.69. The van der Waals surface area contributed by atoms with Crippen LogP contribution in [0.15, 0.2) is 12.2 Å². The Morgan fingerprint density at radius 1 is 1.75 bits per heavy atom. The number of carbonyl (C=O) groups excluding carboxylic acids is 1. The fraction of sp³-hybridized carbons (Fsp3) is 0.667. The molecule has 1 aliphatic rings. The number of rotatable bonds is 5. The summed E-state index contributed by atoms with van der Waals surface area (Å²) in [6.45, 7) is 5.71. The molecule has 1 heterocycles. The van der Waals surface area contributed by atoms with Crippen LogP contribution in [0.1, 0.15) is 19.8 Å². The van der Waals surface area contributed by atoms with Crippen molar-refractivity contribution in [3.05, 3.63) is 12.2 Å². The molecule has 1 fully saturated rings. The lowest BCUT2D eigenvalue weighted by atomic mass is 10.3. The fourth-order valence-electron chi connectivity index (χ4n) is 0.834. The molecule has 0 amide bonds. The first-order valence-corrected chi connectivity index (χ1v) is 5.19. The van der Waals surface area contributed by atoms with Crippen molar-refractivity contribution < 1.29 is 9.53 Å². The maximum Gasteiger partial charge on any atom is 0.333 e. The van der Waals surface area contributed by atoms with Gasteiger partial charge in [-0.25, -0.2) is 4.79 Å². The zero-order chi connectivity index (χ0) is 8.97. The molecule has 0 aromatic heterocycles. The Morgan fingerprint density at radius 3 is 2.92 bits per heavy atom. The Balaban J connectivity index is 1.93. The first kappa shape index (κ1) is 9.65. The molecule has 0 spiro atoms. The smallest absolute Gasteiger partial charge is 0.333 e. The van der Waals surface area contributed by atoms with Crippen LogP contribution in [-0.4, -0.2) is 23.6 Å². The Hall–Kier alpha value is -0.440. The van der Waals surface area contributed by atoms with Gasteiger partial charge in [-0.05, 0) is 19.8 Å². The van der Waals surface area contributed by atoms with Crippen LogP contribution in [0, 0.1) is 0 Å². The molecule has 1 atom stereocenters. The van der Waals surface area contributed by atoms with E-state index in [0.717, 1.165) is 11.7 Å². The second kappa shape index (κ2) is 4.55. The summed E-state index contributed by atoms with van der Waals surface area (Å²) in [5.74, 6) is 1.02. The number of carbonyl (C=O) groups is 1. The molecule has 1 aliphatic heterocycles. The molecule has 0 aromatic rings. The quantitative estimate of drug-likeness (QED) is 0.284. The van der Waals surface area contributed by atoms with Crippen molar-refractivity contribution in [3.63, 3.8) is 0 Å². The van der Waals surface area contributed by atoms with Gasteiger partial charge in [-0.1, -0.05) is 6.58 Å². The number of hydrogen-bond acceptors (Lipinski definition) is 3. The van der Waals surface area contributed by atoms with E-state index in [9.17, 15) is 4.79 Å². The van der Waals surface area contributed by atoms with Crippen molar-refractivity contribution in [2.24, 2.45) is 0 Å². The summed E-state index contributed by atoms with van der Waals surface area (Å²) in [4.78, 5) is 10.9. The molecule has 0 bridgehead atoms. The van der Waals surface area contributed by atoms with Crippen LogP contribution in [0.25, 0.3) is 0 Å². The lowest BCUT2D eigenvalue weighted by Crippen LogP contribution is -2.06. The second-order valence-electron chi connectivity index (χ2n) is 3.01. The van der Waals surface area contributed by atoms with E-state index < -0.39 is 0 Å². The normalized spacial score (nSPS) is 20.2. The van der Waals surface area contributed by atoms with E-state index in [-0.39, 0.29) is 5.97 Å². The van der Waals surface area contributed by atoms with Gasteiger partial charge in [0.05, 0.1) is 6.61 Å². The number of esters is 1. The maximum atomic E-state index is 10.9. The Morgan fingerprint density at radius 2 is 2.42 bits per heavy atom. The summed E-state index contributed by atoms with van der Waals surface area (Å²) in [7, 11) is 0. The van der Waals surface area contributed by atoms with Gasteiger partial charge in [0.25, 0.3) is 0 Å². The predicted octanol–water partition coefficient (Wildman–Crippen LogP) is 2.00. The van der Waals surface area contributed by atoms with Crippen molar-refractivity contribution in [1.29, 1.82) is 0 Å². The highest BCUT2D eigenvalue weighted by atomic mass is 32.2. The van der Waals surface area contributed by atoms with Gasteiger partial charge in [-0.15, -0.1) is 0 Å². The van der Waals surface area contributed by atoms with E-state index >= 15 is 0 Å². The van der Waals surface area contributed by atoms with Crippen molar-refractivity contribution >= 4 is 17.7 Å². The molecule has 1 unspecified atom stereocenters. The van der Waals surface area contributed by atoms with Gasteiger partial charge in [-0.2, -0.15) is 11.8 Å². The molecule has 0 radical (unpaired) electrons. The first-order valence-electron chi connectivity index (χ1n) is 4.14. The molecule has 0 N–H and O–H groups in total. The van der Waals surface area contributed by atoms with E-state index in [1.54, 1.807) is 6.92 Å². The van der Waals surface area contributed by atoms with Crippen LogP contribution < -0.4 is 0 Å². The van der Waals surface area contributed by atoms with E-state index in [2.05, 4.69) is 6.58 Å². The average molecular weight is 186 g/mol. The zero-order valence-electron chi connectivity index (χ0n) is 7.34. The topological polar surface area (TPSA) is 26.3 Å². The lowest BCUT2D eigenvalue weighted by molar-refractivity contribution is -0.139. The molecule has 2 nitrogen and oxygen atoms in total. The first-order chi connectivity index (χ1) is 5.70. The zero-order valence-corrected chi connectivity index (χ0v) is 8.15. The summed E-state index contributed by atoms with van der Waals surface area (Å²) in [6, 6.07) is 0. The summed E-state index contributed by atoms with van der Waals surface area (Å²) in [6.07, 6.45) is 2.16. The molecule has 0 aromatic carbocycles. The summed E-state index contributed by atoms with van der Waals surface area (Å²) >= 11 is 1.98. The molecule has 0 saturated carbocycles. The van der Waals surface area contributed by atoms with Crippen molar-refractivity contribution in [1.82, 2.24) is 0 Å². The van der Waals surface area contributed by atoms with E-state index in [1.165, 1.54) is 12.2 Å². The van der Waals surface area contributed by atoms with Crippen molar-refractivity contribution in [2.75, 3.05) is 12.4 Å². The van der Waals surface area contributed by atoms with Crippen LogP contribution in [0.2, 0.25) is 0 Å². The minimum Gasteiger partial charge on any atom is -0.462 e. The Bertz CT molecular complexity index is 185. The highest BCUT2D eigenvalue weighted by Crippen LogP contribution is 2.33. The van der Waals surface area contributed by atoms with Crippen molar-refractivity contribution in [2.45, 2.75) is 25.0 Å². The monoisotopic (exact) mass is 186 g/mol. The standard InChI is InChI=1S/C9H14O2S/c1-7(2)9(10)11-5-3-4-8-6-12-8/h8H,1,3-6H2,2H3. The Kier molecular flexibility index (Phi) is 3.66. The van der Waals surface area contributed by atoms with Gasteiger partial charge in [0.15, 0.2) is 0 Å². The Labute approximate surface area is 77.4 Å². The molecular formula is C9H14O2S. The van der Waals surface area contributed by atoms with Crippen LogP contribution in [0.5, 0.6) is 0 Å². The molecule has 0 aliphatic carbocycles.